The van der Waals surface area contributed by atoms with Crippen LogP contribution in [0.25, 0.3) is 0 Å². The van der Waals surface area contributed by atoms with Crippen molar-refractivity contribution in [1.82, 2.24) is 5.32 Å². The number of carbonyl (C=O) groups excluding carboxylic acids is 3. The number of amides is 2. The molecule has 0 saturated carbocycles. The number of aromatic hydroxyl groups is 1. The van der Waals surface area contributed by atoms with Crippen LogP contribution in [-0.2, 0) is 30.3 Å². The second-order valence-corrected chi connectivity index (χ2v) is 11.8. The minimum absolute atomic E-state index is 0.0429. The summed E-state index contributed by atoms with van der Waals surface area (Å²) in [7, 11) is 1.53. The molecule has 1 heterocycles. The third-order valence-corrected chi connectivity index (χ3v) is 7.51. The molecule has 0 aliphatic carbocycles. The van der Waals surface area contributed by atoms with Gasteiger partial charge in [-0.1, -0.05) is 63.3 Å². The van der Waals surface area contributed by atoms with Crippen LogP contribution in [0, 0.1) is 11.8 Å². The molecule has 9 nitrogen and oxygen atoms in total. The average molecular weight is 611 g/mol. The number of fused-ring (bicyclic) bond motifs is 2. The molecule has 1 aromatic carbocycles. The van der Waals surface area contributed by atoms with Gasteiger partial charge in [0.2, 0.25) is 11.8 Å². The predicted octanol–water partition coefficient (Wildman–Crippen LogP) is 5.54. The van der Waals surface area contributed by atoms with Crippen LogP contribution in [0.3, 0.4) is 0 Å². The van der Waals surface area contributed by atoms with Crippen LogP contribution in [0.2, 0.25) is 0 Å². The maximum Gasteiger partial charge on any atom is 0.328 e. The Hall–Kier alpha value is -3.69. The largest absolute Gasteiger partial charge is 0.508 e. The fourth-order valence-corrected chi connectivity index (χ4v) is 4.74. The lowest BCUT2D eigenvalue weighted by molar-refractivity contribution is -0.156. The first-order valence-electron chi connectivity index (χ1n) is 15.4. The number of esters is 1. The van der Waals surface area contributed by atoms with Gasteiger partial charge >= 0.3 is 5.97 Å². The molecule has 0 radical (unpaired) electrons. The molecule has 9 heteroatoms. The lowest BCUT2D eigenvalue weighted by atomic mass is 9.90. The summed E-state index contributed by atoms with van der Waals surface area (Å²) in [4.78, 5) is 37.9. The Morgan fingerprint density at radius 3 is 2.55 bits per heavy atom. The summed E-state index contributed by atoms with van der Waals surface area (Å²) in [5.41, 5.74) is 2.05. The minimum atomic E-state index is -0.880. The number of carbonyl (C=O) groups is 3. The van der Waals surface area contributed by atoms with Crippen molar-refractivity contribution in [2.24, 2.45) is 11.8 Å². The minimum Gasteiger partial charge on any atom is -0.508 e. The molecule has 2 bridgehead atoms. The molecule has 0 aromatic heterocycles. The van der Waals surface area contributed by atoms with Gasteiger partial charge in [-0.25, -0.2) is 4.79 Å². The summed E-state index contributed by atoms with van der Waals surface area (Å²) in [5, 5.41) is 27.0. The van der Waals surface area contributed by atoms with Crippen LogP contribution in [0.4, 0.5) is 5.69 Å². The highest BCUT2D eigenvalue weighted by Crippen LogP contribution is 2.24. The zero-order chi connectivity index (χ0) is 32.6. The number of aliphatic hydroxyl groups excluding tert-OH is 1. The van der Waals surface area contributed by atoms with Gasteiger partial charge in [0.25, 0.3) is 0 Å². The van der Waals surface area contributed by atoms with Crippen molar-refractivity contribution in [3.05, 3.63) is 71.9 Å². The van der Waals surface area contributed by atoms with Gasteiger partial charge in [0.1, 0.15) is 17.9 Å². The highest BCUT2D eigenvalue weighted by molar-refractivity contribution is 5.91. The zero-order valence-electron chi connectivity index (χ0n) is 26.9. The Labute approximate surface area is 262 Å². The van der Waals surface area contributed by atoms with E-state index in [1.165, 1.54) is 13.2 Å². The Morgan fingerprint density at radius 1 is 1.11 bits per heavy atom. The Balaban J connectivity index is 2.27. The fourth-order valence-electron chi connectivity index (χ4n) is 4.74. The summed E-state index contributed by atoms with van der Waals surface area (Å²) in [6, 6.07) is 4.13. The van der Waals surface area contributed by atoms with Crippen LogP contribution in [-0.4, -0.2) is 59.5 Å². The van der Waals surface area contributed by atoms with Gasteiger partial charge in [-0.2, -0.15) is 0 Å². The molecule has 0 saturated heterocycles. The van der Waals surface area contributed by atoms with Gasteiger partial charge in [0.15, 0.2) is 0 Å². The van der Waals surface area contributed by atoms with Crippen molar-refractivity contribution in [2.45, 2.75) is 97.5 Å². The van der Waals surface area contributed by atoms with Gasteiger partial charge in [0.05, 0.1) is 18.6 Å². The molecule has 1 aliphatic rings. The summed E-state index contributed by atoms with van der Waals surface area (Å²) in [5.74, 6) is -1.02. The van der Waals surface area contributed by atoms with E-state index in [0.717, 1.165) is 17.6 Å². The number of benzene rings is 1. The second-order valence-electron chi connectivity index (χ2n) is 11.8. The van der Waals surface area contributed by atoms with Crippen LogP contribution >= 0.6 is 0 Å². The van der Waals surface area contributed by atoms with Crippen LogP contribution in [0.1, 0.15) is 72.3 Å². The zero-order valence-corrected chi connectivity index (χ0v) is 26.9. The third kappa shape index (κ3) is 13.3. The highest BCUT2D eigenvalue weighted by Gasteiger charge is 2.29. The molecule has 242 valence electrons. The quantitative estimate of drug-likeness (QED) is 0.235. The first-order chi connectivity index (χ1) is 20.9. The fraction of sp³-hybridized carbons (Fsp3) is 0.514. The van der Waals surface area contributed by atoms with Gasteiger partial charge in [0, 0.05) is 37.6 Å². The van der Waals surface area contributed by atoms with E-state index in [9.17, 15) is 24.6 Å². The van der Waals surface area contributed by atoms with Crippen molar-refractivity contribution in [2.75, 3.05) is 12.4 Å². The molecule has 2 rings (SSSR count). The number of hydrogen-bond donors (Lipinski definition) is 4. The van der Waals surface area contributed by atoms with E-state index >= 15 is 0 Å². The van der Waals surface area contributed by atoms with E-state index in [1.807, 2.05) is 58.1 Å². The van der Waals surface area contributed by atoms with Crippen LogP contribution in [0.15, 0.2) is 66.3 Å². The first-order valence-corrected chi connectivity index (χ1v) is 15.4. The molecule has 5 unspecified atom stereocenters. The summed E-state index contributed by atoms with van der Waals surface area (Å²) < 4.78 is 11.3. The third-order valence-electron chi connectivity index (χ3n) is 7.51. The van der Waals surface area contributed by atoms with E-state index in [0.29, 0.717) is 37.3 Å². The number of hydrogen-bond acceptors (Lipinski definition) is 7. The number of phenols is 1. The number of ether oxygens (including phenoxy) is 2. The van der Waals surface area contributed by atoms with Crippen molar-refractivity contribution in [3.8, 4) is 5.75 Å². The summed E-state index contributed by atoms with van der Waals surface area (Å²) in [6.07, 6.45) is 13.5. The van der Waals surface area contributed by atoms with E-state index in [1.54, 1.807) is 31.2 Å². The predicted molar refractivity (Wildman–Crippen MR) is 173 cm³/mol. The van der Waals surface area contributed by atoms with Crippen LogP contribution in [0.5, 0.6) is 5.75 Å². The van der Waals surface area contributed by atoms with Crippen LogP contribution < -0.4 is 10.6 Å². The van der Waals surface area contributed by atoms with Crippen molar-refractivity contribution in [3.63, 3.8) is 0 Å². The first kappa shape index (κ1) is 36.5. The van der Waals surface area contributed by atoms with E-state index in [2.05, 4.69) is 10.6 Å². The normalized spacial score (nSPS) is 22.8. The number of anilines is 1. The average Bonchev–Trinajstić information content (AvgIpc) is 2.96. The van der Waals surface area contributed by atoms with Gasteiger partial charge < -0.3 is 30.3 Å². The van der Waals surface area contributed by atoms with Gasteiger partial charge in [-0.15, -0.1) is 0 Å². The van der Waals surface area contributed by atoms with E-state index in [-0.39, 0.29) is 24.0 Å². The smallest absolute Gasteiger partial charge is 0.328 e. The second kappa shape index (κ2) is 18.9. The maximum atomic E-state index is 13.0. The number of aryl methyl sites for hydroxylation is 1. The number of methoxy groups -OCH3 is 1. The topological polar surface area (TPSA) is 134 Å². The number of allylic oxidation sites excluding steroid dienone is 5. The van der Waals surface area contributed by atoms with Crippen molar-refractivity contribution < 1.29 is 34.1 Å². The molecule has 44 heavy (non-hydrogen) atoms. The number of aliphatic hydroxyl groups is 1. The number of phenolic OH excluding ortho intramolecular Hbond substituents is 1. The SMILES string of the molecule is COC1C=CC=CC=CCC(OC(=O)C(C)NC(=O)CCC(C)C)C(C)C(O)C(C)=CCCc2cc(O)cc(c2)NC(=O)C1. The lowest BCUT2D eigenvalue weighted by Crippen LogP contribution is -2.43. The number of rotatable bonds is 7. The van der Waals surface area contributed by atoms with Crippen molar-refractivity contribution >= 4 is 23.5 Å². The highest BCUT2D eigenvalue weighted by atomic mass is 16.5. The molecule has 4 N–H and O–H groups in total. The molecule has 2 amide bonds. The standard InChI is InChI=1S/C35H50N2O7/c1-23(2)17-18-32(39)36-26(5)35(42)44-31-16-11-9-7-8-10-15-30(43-6)22-33(40)37-28-19-27(20-29(38)21-28)14-12-13-24(3)34(41)25(31)4/h7-11,13,15,19-21,23,25-26,30-31,34,38,41H,12,14,16-18,22H2,1-6H3,(H,36,39)(H,37,40). The lowest BCUT2D eigenvalue weighted by Gasteiger charge is -2.29. The summed E-state index contributed by atoms with van der Waals surface area (Å²) >= 11 is 0. The van der Waals surface area contributed by atoms with Crippen molar-refractivity contribution in [1.29, 1.82) is 0 Å². The molecule has 1 aromatic rings. The molecular formula is C35H50N2O7. The number of nitrogens with one attached hydrogen (secondary N) is 2. The molecule has 5 atom stereocenters. The molecular weight excluding hydrogens is 560 g/mol. The molecule has 1 aliphatic heterocycles. The van der Waals surface area contributed by atoms with Gasteiger partial charge in [-0.05, 0) is 62.3 Å². The Bertz CT molecular complexity index is 1220. The monoisotopic (exact) mass is 610 g/mol. The van der Waals surface area contributed by atoms with E-state index in [4.69, 9.17) is 9.47 Å². The van der Waals surface area contributed by atoms with Gasteiger partial charge in [-0.3, -0.25) is 9.59 Å². The molecule has 0 spiro atoms. The molecule has 0 fully saturated rings. The maximum absolute atomic E-state index is 13.0. The Kier molecular flexibility index (Phi) is 15.6. The summed E-state index contributed by atoms with van der Waals surface area (Å²) in [6.45, 7) is 9.34. The Morgan fingerprint density at radius 2 is 1.84 bits per heavy atom. The van der Waals surface area contributed by atoms with E-state index < -0.39 is 36.2 Å².